The van der Waals surface area contributed by atoms with E-state index >= 15 is 0 Å². The summed E-state index contributed by atoms with van der Waals surface area (Å²) < 4.78 is 0. The Balaban J connectivity index is 2.32. The van der Waals surface area contributed by atoms with Crippen LogP contribution < -0.4 is 0 Å². The highest BCUT2D eigenvalue weighted by Gasteiger charge is 2.13. The van der Waals surface area contributed by atoms with Crippen molar-refractivity contribution in [3.63, 3.8) is 0 Å². The number of phenolic OH excluding ortho intramolecular Hbond substituents is 2. The van der Waals surface area contributed by atoms with E-state index in [0.29, 0.717) is 5.56 Å². The van der Waals surface area contributed by atoms with Crippen LogP contribution in [0.1, 0.15) is 69.4 Å². The third kappa shape index (κ3) is 7.08. The molecule has 2 heteroatoms. The molecular weight excluding hydrogens is 296 g/mol. The molecule has 0 heterocycles. The number of hydrogen-bond donors (Lipinski definition) is 2. The minimum absolute atomic E-state index is 0.146. The van der Waals surface area contributed by atoms with Crippen LogP contribution in [0.4, 0.5) is 0 Å². The molecule has 132 valence electrons. The average Bonchev–Trinajstić information content (AvgIpc) is 2.57. The van der Waals surface area contributed by atoms with Crippen LogP contribution in [0.2, 0.25) is 0 Å². The highest BCUT2D eigenvalue weighted by atomic mass is 16.3. The van der Waals surface area contributed by atoms with Gasteiger partial charge in [-0.1, -0.05) is 69.2 Å². The molecule has 0 fully saturated rings. The van der Waals surface area contributed by atoms with Gasteiger partial charge in [0.25, 0.3) is 0 Å². The molecule has 1 unspecified atom stereocenters. The average molecular weight is 328 g/mol. The Hall–Kier alpha value is -1.96. The fourth-order valence-electron chi connectivity index (χ4n) is 2.52. The summed E-state index contributed by atoms with van der Waals surface area (Å²) in [6.07, 6.45) is 19.7. The number of allylic oxidation sites excluding steroid dienone is 6. The number of hydrogen-bond acceptors (Lipinski definition) is 2. The van der Waals surface area contributed by atoms with Crippen LogP contribution in [0.25, 0.3) is 0 Å². The molecule has 2 N–H and O–H groups in total. The zero-order chi connectivity index (χ0) is 17.8. The van der Waals surface area contributed by atoms with Crippen molar-refractivity contribution in [3.8, 4) is 11.5 Å². The lowest BCUT2D eigenvalue weighted by atomic mass is 9.94. The summed E-state index contributed by atoms with van der Waals surface area (Å²) in [6, 6.07) is 3.46. The van der Waals surface area contributed by atoms with Gasteiger partial charge in [-0.25, -0.2) is 0 Å². The maximum atomic E-state index is 10.1. The van der Waals surface area contributed by atoms with E-state index in [4.69, 9.17) is 0 Å². The quantitative estimate of drug-likeness (QED) is 0.378. The monoisotopic (exact) mass is 328 g/mol. The summed E-state index contributed by atoms with van der Waals surface area (Å²) in [6.45, 7) is 6.04. The molecule has 24 heavy (non-hydrogen) atoms. The van der Waals surface area contributed by atoms with Crippen LogP contribution in [-0.2, 0) is 0 Å². The van der Waals surface area contributed by atoms with Gasteiger partial charge in [-0.3, -0.25) is 0 Å². The molecule has 1 atom stereocenters. The first-order valence-corrected chi connectivity index (χ1v) is 9.04. The van der Waals surface area contributed by atoms with Crippen LogP contribution in [0.15, 0.2) is 48.6 Å². The minimum Gasteiger partial charge on any atom is -0.508 e. The summed E-state index contributed by atoms with van der Waals surface area (Å²) in [4.78, 5) is 0. The molecule has 0 bridgehead atoms. The number of rotatable bonds is 10. The van der Waals surface area contributed by atoms with Crippen molar-refractivity contribution in [2.45, 2.75) is 65.2 Å². The zero-order valence-electron chi connectivity index (χ0n) is 15.3. The number of benzene rings is 1. The van der Waals surface area contributed by atoms with Crippen LogP contribution >= 0.6 is 0 Å². The maximum Gasteiger partial charge on any atom is 0.125 e. The first-order valence-electron chi connectivity index (χ1n) is 9.04. The number of unbranched alkanes of at least 4 members (excludes halogenated alkanes) is 2. The largest absolute Gasteiger partial charge is 0.508 e. The molecule has 0 aromatic heterocycles. The van der Waals surface area contributed by atoms with Gasteiger partial charge in [-0.2, -0.15) is 0 Å². The maximum absolute atomic E-state index is 10.1. The predicted molar refractivity (Wildman–Crippen MR) is 104 cm³/mol. The Morgan fingerprint density at radius 1 is 0.958 bits per heavy atom. The standard InChI is InChI=1S/C22H32O2/c1-4-5-6-7-8-9-10-11-12-13-14-15-18(2)20-16-17-21(23)19(3)22(20)24/h7-8,10-11,13-14,16-18,23-24H,4-6,9,12,15H2,1-3H3. The second kappa shape index (κ2) is 11.6. The van der Waals surface area contributed by atoms with E-state index in [-0.39, 0.29) is 17.4 Å². The van der Waals surface area contributed by atoms with Crippen molar-refractivity contribution < 1.29 is 10.2 Å². The molecule has 2 nitrogen and oxygen atoms in total. The number of phenols is 2. The Morgan fingerprint density at radius 3 is 2.25 bits per heavy atom. The molecule has 1 aromatic carbocycles. The zero-order valence-corrected chi connectivity index (χ0v) is 15.3. The minimum atomic E-state index is 0.146. The Morgan fingerprint density at radius 2 is 1.58 bits per heavy atom. The lowest BCUT2D eigenvalue weighted by Crippen LogP contribution is -1.94. The van der Waals surface area contributed by atoms with Gasteiger partial charge in [0.2, 0.25) is 0 Å². The van der Waals surface area contributed by atoms with Crippen LogP contribution in [0, 0.1) is 6.92 Å². The molecule has 0 saturated carbocycles. The third-order valence-electron chi connectivity index (χ3n) is 4.22. The molecule has 0 aliphatic heterocycles. The van der Waals surface area contributed by atoms with E-state index in [1.54, 1.807) is 19.1 Å². The molecule has 1 rings (SSSR count). The van der Waals surface area contributed by atoms with E-state index in [1.807, 2.05) is 0 Å². The van der Waals surface area contributed by atoms with Crippen molar-refractivity contribution in [1.82, 2.24) is 0 Å². The Bertz CT molecular complexity index is 568. The summed E-state index contributed by atoms with van der Waals surface area (Å²) in [5.41, 5.74) is 1.45. The second-order valence-corrected chi connectivity index (χ2v) is 6.31. The van der Waals surface area contributed by atoms with Crippen LogP contribution in [0.3, 0.4) is 0 Å². The molecule has 0 saturated heterocycles. The number of aromatic hydroxyl groups is 2. The Labute approximate surface area is 147 Å². The molecule has 0 aliphatic rings. The summed E-state index contributed by atoms with van der Waals surface area (Å²) in [5, 5.41) is 19.7. The fourth-order valence-corrected chi connectivity index (χ4v) is 2.52. The van der Waals surface area contributed by atoms with Gasteiger partial charge in [0, 0.05) is 5.56 Å². The van der Waals surface area contributed by atoms with Crippen molar-refractivity contribution >= 4 is 0 Å². The lowest BCUT2D eigenvalue weighted by molar-refractivity contribution is 0.435. The summed E-state index contributed by atoms with van der Waals surface area (Å²) >= 11 is 0. The van der Waals surface area contributed by atoms with Gasteiger partial charge in [-0.15, -0.1) is 0 Å². The highest BCUT2D eigenvalue weighted by Crippen LogP contribution is 2.35. The van der Waals surface area contributed by atoms with E-state index in [9.17, 15) is 10.2 Å². The molecular formula is C22H32O2. The molecule has 0 amide bonds. The molecule has 0 radical (unpaired) electrons. The van der Waals surface area contributed by atoms with E-state index in [1.165, 1.54) is 19.3 Å². The lowest BCUT2D eigenvalue weighted by Gasteiger charge is -2.14. The third-order valence-corrected chi connectivity index (χ3v) is 4.22. The van der Waals surface area contributed by atoms with E-state index in [0.717, 1.165) is 24.8 Å². The smallest absolute Gasteiger partial charge is 0.125 e. The van der Waals surface area contributed by atoms with Crippen LogP contribution in [0.5, 0.6) is 11.5 Å². The van der Waals surface area contributed by atoms with E-state index < -0.39 is 0 Å². The molecule has 0 aliphatic carbocycles. The molecule has 0 spiro atoms. The van der Waals surface area contributed by atoms with Gasteiger partial charge in [0.1, 0.15) is 11.5 Å². The highest BCUT2D eigenvalue weighted by molar-refractivity contribution is 5.49. The van der Waals surface area contributed by atoms with Gasteiger partial charge in [0.05, 0.1) is 0 Å². The molecule has 1 aromatic rings. The van der Waals surface area contributed by atoms with Crippen molar-refractivity contribution in [2.75, 3.05) is 0 Å². The summed E-state index contributed by atoms with van der Waals surface area (Å²) in [7, 11) is 0. The first-order chi connectivity index (χ1) is 11.6. The van der Waals surface area contributed by atoms with Crippen LogP contribution in [-0.4, -0.2) is 10.2 Å². The summed E-state index contributed by atoms with van der Waals surface area (Å²) in [5.74, 6) is 0.588. The SMILES string of the molecule is CCCCC=CCC=CCC=CCC(C)c1ccc(O)c(C)c1O. The van der Waals surface area contributed by atoms with Crippen molar-refractivity contribution in [2.24, 2.45) is 0 Å². The van der Waals surface area contributed by atoms with Gasteiger partial charge in [-0.05, 0) is 50.2 Å². The van der Waals surface area contributed by atoms with Gasteiger partial charge in [0.15, 0.2) is 0 Å². The topological polar surface area (TPSA) is 40.5 Å². The van der Waals surface area contributed by atoms with Crippen molar-refractivity contribution in [3.05, 3.63) is 59.7 Å². The second-order valence-electron chi connectivity index (χ2n) is 6.31. The van der Waals surface area contributed by atoms with Gasteiger partial charge >= 0.3 is 0 Å². The van der Waals surface area contributed by atoms with Gasteiger partial charge < -0.3 is 10.2 Å². The Kier molecular flexibility index (Phi) is 9.67. The van der Waals surface area contributed by atoms with E-state index in [2.05, 4.69) is 50.3 Å². The normalized spacial score (nSPS) is 13.5. The predicted octanol–water partition coefficient (Wildman–Crippen LogP) is 6.54. The fraction of sp³-hybridized carbons (Fsp3) is 0.455. The first kappa shape index (κ1) is 20.1. The van der Waals surface area contributed by atoms with Crippen molar-refractivity contribution in [1.29, 1.82) is 0 Å².